The number of aliphatic imine (C=N–C) groups is 1. The lowest BCUT2D eigenvalue weighted by Crippen LogP contribution is -2.53. The molecule has 2 aliphatic heterocycles. The lowest BCUT2D eigenvalue weighted by atomic mass is 9.92. The zero-order valence-electron chi connectivity index (χ0n) is 18.6. The van der Waals surface area contributed by atoms with Gasteiger partial charge >= 0.3 is 0 Å². The van der Waals surface area contributed by atoms with Crippen molar-refractivity contribution in [2.24, 2.45) is 16.8 Å². The predicted octanol–water partition coefficient (Wildman–Crippen LogP) is 2.64. The van der Waals surface area contributed by atoms with E-state index in [9.17, 15) is 0 Å². The van der Waals surface area contributed by atoms with Gasteiger partial charge in [0.25, 0.3) is 0 Å². The number of hydrogen-bond acceptors (Lipinski definition) is 4. The molecule has 0 aromatic carbocycles. The van der Waals surface area contributed by atoms with Crippen molar-refractivity contribution in [3.8, 4) is 0 Å². The number of nitrogens with one attached hydrogen (secondary N) is 2. The monoisotopic (exact) mass is 509 g/mol. The van der Waals surface area contributed by atoms with Crippen molar-refractivity contribution in [3.05, 3.63) is 0 Å². The van der Waals surface area contributed by atoms with Gasteiger partial charge in [-0.15, -0.1) is 24.0 Å². The number of piperidine rings is 1. The van der Waals surface area contributed by atoms with Crippen LogP contribution in [0.15, 0.2) is 4.99 Å². The van der Waals surface area contributed by atoms with Crippen molar-refractivity contribution < 1.29 is 4.74 Å². The molecule has 2 fully saturated rings. The van der Waals surface area contributed by atoms with Gasteiger partial charge < -0.3 is 20.3 Å². The van der Waals surface area contributed by atoms with Crippen LogP contribution < -0.4 is 10.6 Å². The molecule has 0 aromatic heterocycles. The highest BCUT2D eigenvalue weighted by Gasteiger charge is 2.27. The maximum absolute atomic E-state index is 5.56. The van der Waals surface area contributed by atoms with Crippen LogP contribution >= 0.6 is 24.0 Å². The molecule has 2 heterocycles. The molecule has 2 saturated heterocycles. The molecule has 0 saturated carbocycles. The molecule has 0 amide bonds. The Bertz CT molecular complexity index is 419. The fraction of sp³-hybridized carbons (Fsp3) is 0.952. The molecule has 1 atom stereocenters. The van der Waals surface area contributed by atoms with Gasteiger partial charge in [0, 0.05) is 39.3 Å². The molecule has 0 radical (unpaired) electrons. The van der Waals surface area contributed by atoms with E-state index in [0.29, 0.717) is 12.0 Å². The number of rotatable bonds is 9. The second kappa shape index (κ2) is 14.8. The Morgan fingerprint density at radius 1 is 1.07 bits per heavy atom. The van der Waals surface area contributed by atoms with Gasteiger partial charge in [-0.2, -0.15) is 0 Å². The van der Waals surface area contributed by atoms with Crippen molar-refractivity contribution in [1.82, 2.24) is 20.4 Å². The number of ether oxygens (including phenoxy) is 1. The smallest absolute Gasteiger partial charge is 0.191 e. The molecule has 2 N–H and O–H groups in total. The van der Waals surface area contributed by atoms with Crippen LogP contribution in [0.2, 0.25) is 0 Å². The highest BCUT2D eigenvalue weighted by atomic mass is 127. The second-order valence-electron chi connectivity index (χ2n) is 8.21. The number of morpholine rings is 1. The normalized spacial score (nSPS) is 21.4. The number of halogens is 1. The van der Waals surface area contributed by atoms with Crippen LogP contribution in [0.5, 0.6) is 0 Å². The van der Waals surface area contributed by atoms with Crippen molar-refractivity contribution in [2.75, 3.05) is 66.6 Å². The van der Waals surface area contributed by atoms with E-state index < -0.39 is 0 Å². The summed E-state index contributed by atoms with van der Waals surface area (Å²) in [4.78, 5) is 9.50. The van der Waals surface area contributed by atoms with Crippen molar-refractivity contribution >= 4 is 29.9 Å². The van der Waals surface area contributed by atoms with E-state index in [0.717, 1.165) is 51.3 Å². The summed E-state index contributed by atoms with van der Waals surface area (Å²) in [5.74, 6) is 2.53. The van der Waals surface area contributed by atoms with E-state index in [4.69, 9.17) is 4.74 Å². The maximum Gasteiger partial charge on any atom is 0.191 e. The first-order chi connectivity index (χ1) is 13.2. The summed E-state index contributed by atoms with van der Waals surface area (Å²) in [6, 6.07) is 0.552. The molecule has 0 bridgehead atoms. The Hall–Kier alpha value is -0.120. The highest BCUT2D eigenvalue weighted by Crippen LogP contribution is 2.20. The second-order valence-corrected chi connectivity index (χ2v) is 8.21. The summed E-state index contributed by atoms with van der Waals surface area (Å²) in [6.07, 6.45) is 6.36. The highest BCUT2D eigenvalue weighted by molar-refractivity contribution is 14.0. The summed E-state index contributed by atoms with van der Waals surface area (Å²) < 4.78 is 5.56. The molecular weight excluding hydrogens is 465 g/mol. The van der Waals surface area contributed by atoms with Gasteiger partial charge in [-0.3, -0.25) is 9.89 Å². The largest absolute Gasteiger partial charge is 0.379 e. The zero-order valence-corrected chi connectivity index (χ0v) is 20.9. The minimum absolute atomic E-state index is 0. The van der Waals surface area contributed by atoms with Gasteiger partial charge in [-0.05, 0) is 51.2 Å². The van der Waals surface area contributed by atoms with Crippen molar-refractivity contribution in [2.45, 2.75) is 52.0 Å². The van der Waals surface area contributed by atoms with E-state index in [-0.39, 0.29) is 24.0 Å². The molecule has 6 nitrogen and oxygen atoms in total. The van der Waals surface area contributed by atoms with E-state index in [1.807, 2.05) is 7.05 Å². The molecule has 0 spiro atoms. The Morgan fingerprint density at radius 3 is 2.29 bits per heavy atom. The molecular formula is C21H44IN5O. The average molecular weight is 510 g/mol. The van der Waals surface area contributed by atoms with E-state index >= 15 is 0 Å². The standard InChI is InChI=1S/C21H43N5O.HI/c1-5-19(6-2)20(26-13-15-27-16-14-26)17-24-21(22-3)23-10-7-18-8-11-25(4)12-9-18;/h18-20H,5-17H2,1-4H3,(H2,22,23,24);1H. The third kappa shape index (κ3) is 8.71. The van der Waals surface area contributed by atoms with E-state index in [1.165, 1.54) is 45.2 Å². The fourth-order valence-electron chi connectivity index (χ4n) is 4.50. The zero-order chi connectivity index (χ0) is 19.5. The van der Waals surface area contributed by atoms with Crippen LogP contribution in [-0.2, 0) is 4.74 Å². The van der Waals surface area contributed by atoms with Crippen molar-refractivity contribution in [1.29, 1.82) is 0 Å². The number of guanidine groups is 1. The average Bonchev–Trinajstić information content (AvgIpc) is 2.71. The SMILES string of the molecule is CCC(CC)C(CNC(=NC)NCCC1CCN(C)CC1)N1CCOCC1.I. The first-order valence-electron chi connectivity index (χ1n) is 11.1. The molecule has 28 heavy (non-hydrogen) atoms. The summed E-state index contributed by atoms with van der Waals surface area (Å²) in [7, 11) is 4.11. The Morgan fingerprint density at radius 2 is 1.71 bits per heavy atom. The number of likely N-dealkylation sites (tertiary alicyclic amines) is 1. The number of hydrogen-bond donors (Lipinski definition) is 2. The van der Waals surface area contributed by atoms with Crippen LogP contribution in [0.3, 0.4) is 0 Å². The molecule has 0 aliphatic carbocycles. The molecule has 2 rings (SSSR count). The molecule has 0 aromatic rings. The Labute approximate surface area is 190 Å². The van der Waals surface area contributed by atoms with Crippen molar-refractivity contribution in [3.63, 3.8) is 0 Å². The summed E-state index contributed by atoms with van der Waals surface area (Å²) in [5, 5.41) is 7.15. The van der Waals surface area contributed by atoms with Gasteiger partial charge in [0.1, 0.15) is 0 Å². The number of nitrogens with zero attached hydrogens (tertiary/aromatic N) is 3. The first-order valence-corrected chi connectivity index (χ1v) is 11.1. The molecule has 2 aliphatic rings. The first kappa shape index (κ1) is 25.9. The topological polar surface area (TPSA) is 52.1 Å². The summed E-state index contributed by atoms with van der Waals surface area (Å²) in [5.41, 5.74) is 0. The molecule has 166 valence electrons. The summed E-state index contributed by atoms with van der Waals surface area (Å²) >= 11 is 0. The summed E-state index contributed by atoms with van der Waals surface area (Å²) in [6.45, 7) is 12.9. The van der Waals surface area contributed by atoms with E-state index in [2.05, 4.69) is 46.3 Å². The Balaban J connectivity index is 0.00000392. The van der Waals surface area contributed by atoms with Crippen LogP contribution in [0.4, 0.5) is 0 Å². The minimum Gasteiger partial charge on any atom is -0.379 e. The quantitative estimate of drug-likeness (QED) is 0.285. The fourth-order valence-corrected chi connectivity index (χ4v) is 4.50. The van der Waals surface area contributed by atoms with Gasteiger partial charge in [-0.25, -0.2) is 0 Å². The third-order valence-corrected chi connectivity index (χ3v) is 6.49. The van der Waals surface area contributed by atoms with Gasteiger partial charge in [0.2, 0.25) is 0 Å². The lowest BCUT2D eigenvalue weighted by molar-refractivity contribution is 0.00272. The van der Waals surface area contributed by atoms with E-state index in [1.54, 1.807) is 0 Å². The Kier molecular flexibility index (Phi) is 13.7. The minimum atomic E-state index is 0. The third-order valence-electron chi connectivity index (χ3n) is 6.49. The lowest BCUT2D eigenvalue weighted by Gasteiger charge is -2.39. The maximum atomic E-state index is 5.56. The van der Waals surface area contributed by atoms with Gasteiger partial charge in [-0.1, -0.05) is 26.7 Å². The molecule has 7 heteroatoms. The molecule has 1 unspecified atom stereocenters. The van der Waals surface area contributed by atoms with Gasteiger partial charge in [0.05, 0.1) is 13.2 Å². The van der Waals surface area contributed by atoms with Crippen LogP contribution in [-0.4, -0.2) is 88.4 Å². The van der Waals surface area contributed by atoms with Crippen LogP contribution in [0.1, 0.15) is 46.0 Å². The van der Waals surface area contributed by atoms with Gasteiger partial charge in [0.15, 0.2) is 5.96 Å². The van der Waals surface area contributed by atoms with Crippen LogP contribution in [0, 0.1) is 11.8 Å². The predicted molar refractivity (Wildman–Crippen MR) is 130 cm³/mol. The van der Waals surface area contributed by atoms with Crippen LogP contribution in [0.25, 0.3) is 0 Å².